The van der Waals surface area contributed by atoms with Gasteiger partial charge in [0.05, 0.1) is 5.92 Å². The van der Waals surface area contributed by atoms with Crippen LogP contribution in [0.3, 0.4) is 0 Å². The fraction of sp³-hybridized carbons (Fsp3) is 0.833. The fourth-order valence-corrected chi connectivity index (χ4v) is 4.16. The Morgan fingerprint density at radius 1 is 1.53 bits per heavy atom. The summed E-state index contributed by atoms with van der Waals surface area (Å²) < 4.78 is 0. The molecule has 0 radical (unpaired) electrons. The van der Waals surface area contributed by atoms with Gasteiger partial charge in [0.15, 0.2) is 0 Å². The number of amides is 1. The van der Waals surface area contributed by atoms with Crippen molar-refractivity contribution >= 4 is 23.6 Å². The predicted molar refractivity (Wildman–Crippen MR) is 67.0 cm³/mol. The van der Waals surface area contributed by atoms with Gasteiger partial charge in [-0.15, -0.1) is 0 Å². The van der Waals surface area contributed by atoms with Crippen LogP contribution < -0.4 is 0 Å². The molecule has 5 heteroatoms. The van der Waals surface area contributed by atoms with Gasteiger partial charge in [0.25, 0.3) is 0 Å². The fourth-order valence-electron chi connectivity index (χ4n) is 2.89. The van der Waals surface area contributed by atoms with Gasteiger partial charge in [-0.1, -0.05) is 13.3 Å². The van der Waals surface area contributed by atoms with Crippen molar-refractivity contribution in [3.63, 3.8) is 0 Å². The van der Waals surface area contributed by atoms with Crippen LogP contribution in [0.1, 0.15) is 32.6 Å². The van der Waals surface area contributed by atoms with Crippen LogP contribution in [0, 0.1) is 5.92 Å². The van der Waals surface area contributed by atoms with Crippen LogP contribution in [-0.4, -0.2) is 45.5 Å². The number of thioether (sulfide) groups is 1. The zero-order chi connectivity index (χ0) is 12.4. The average Bonchev–Trinajstić information content (AvgIpc) is 2.85. The molecule has 1 amide bonds. The maximum Gasteiger partial charge on any atom is 0.308 e. The minimum atomic E-state index is -0.835. The normalized spacial score (nSPS) is 33.4. The molecule has 1 N–H and O–H groups in total. The molecule has 1 heterocycles. The molecule has 1 aliphatic heterocycles. The minimum absolute atomic E-state index is 0.0333. The van der Waals surface area contributed by atoms with Crippen molar-refractivity contribution in [2.24, 2.45) is 5.92 Å². The second kappa shape index (κ2) is 5.29. The van der Waals surface area contributed by atoms with Crippen LogP contribution in [0.15, 0.2) is 0 Å². The number of nitrogens with zero attached hydrogens (tertiary/aromatic N) is 1. The highest BCUT2D eigenvalue weighted by Crippen LogP contribution is 2.36. The van der Waals surface area contributed by atoms with Crippen molar-refractivity contribution in [2.75, 3.05) is 12.3 Å². The lowest BCUT2D eigenvalue weighted by atomic mass is 10.1. The monoisotopic (exact) mass is 257 g/mol. The molecular weight excluding hydrogens is 238 g/mol. The standard InChI is InChI=1S/C12H19NO3S/c1-2-17-10-5-3-4-9(10)13-7-8(12(15)16)6-11(13)14/h8-10H,2-7H2,1H3,(H,15,16). The van der Waals surface area contributed by atoms with Gasteiger partial charge in [-0.2, -0.15) is 11.8 Å². The molecule has 2 rings (SSSR count). The second-order valence-corrected chi connectivity index (χ2v) is 6.29. The highest BCUT2D eigenvalue weighted by molar-refractivity contribution is 7.99. The molecule has 96 valence electrons. The molecule has 0 aromatic carbocycles. The third-order valence-corrected chi connectivity index (χ3v) is 5.02. The van der Waals surface area contributed by atoms with E-state index in [4.69, 9.17) is 5.11 Å². The number of hydrogen-bond donors (Lipinski definition) is 1. The molecule has 3 unspecified atom stereocenters. The lowest BCUT2D eigenvalue weighted by molar-refractivity contribution is -0.141. The number of hydrogen-bond acceptors (Lipinski definition) is 3. The van der Waals surface area contributed by atoms with Gasteiger partial charge in [-0.3, -0.25) is 9.59 Å². The zero-order valence-corrected chi connectivity index (χ0v) is 10.9. The Bertz CT molecular complexity index is 321. The van der Waals surface area contributed by atoms with Crippen LogP contribution in [0.2, 0.25) is 0 Å². The third kappa shape index (κ3) is 2.59. The first-order valence-corrected chi connectivity index (χ1v) is 7.32. The molecule has 17 heavy (non-hydrogen) atoms. The van der Waals surface area contributed by atoms with Crippen molar-refractivity contribution in [3.05, 3.63) is 0 Å². The van der Waals surface area contributed by atoms with Gasteiger partial charge >= 0.3 is 5.97 Å². The van der Waals surface area contributed by atoms with E-state index in [1.54, 1.807) is 0 Å². The summed E-state index contributed by atoms with van der Waals surface area (Å²) in [5.41, 5.74) is 0. The van der Waals surface area contributed by atoms with Crippen molar-refractivity contribution < 1.29 is 14.7 Å². The Balaban J connectivity index is 2.02. The van der Waals surface area contributed by atoms with Crippen molar-refractivity contribution in [1.82, 2.24) is 4.90 Å². The first kappa shape index (κ1) is 12.7. The topological polar surface area (TPSA) is 57.6 Å². The quantitative estimate of drug-likeness (QED) is 0.831. The Morgan fingerprint density at radius 3 is 2.88 bits per heavy atom. The van der Waals surface area contributed by atoms with Gasteiger partial charge in [-0.05, 0) is 18.6 Å². The third-order valence-electron chi connectivity index (χ3n) is 3.71. The predicted octanol–water partition coefficient (Wildman–Crippen LogP) is 1.59. The summed E-state index contributed by atoms with van der Waals surface area (Å²) in [5, 5.41) is 9.49. The highest BCUT2D eigenvalue weighted by Gasteiger charge is 2.42. The molecule has 0 aromatic rings. The highest BCUT2D eigenvalue weighted by atomic mass is 32.2. The Labute approximate surface area is 106 Å². The summed E-state index contributed by atoms with van der Waals surface area (Å²) in [4.78, 5) is 24.6. The van der Waals surface area contributed by atoms with Gasteiger partial charge in [0.2, 0.25) is 5.91 Å². The number of likely N-dealkylation sites (tertiary alicyclic amines) is 1. The summed E-state index contributed by atoms with van der Waals surface area (Å²) >= 11 is 1.90. The summed E-state index contributed by atoms with van der Waals surface area (Å²) in [5.74, 6) is -0.231. The van der Waals surface area contributed by atoms with Crippen LogP contribution in [-0.2, 0) is 9.59 Å². The van der Waals surface area contributed by atoms with Crippen LogP contribution in [0.25, 0.3) is 0 Å². The minimum Gasteiger partial charge on any atom is -0.481 e. The number of rotatable bonds is 4. The van der Waals surface area contributed by atoms with E-state index in [1.165, 1.54) is 0 Å². The Hall–Kier alpha value is -0.710. The summed E-state index contributed by atoms with van der Waals surface area (Å²) in [6.45, 7) is 2.55. The molecule has 0 bridgehead atoms. The van der Waals surface area contributed by atoms with Crippen molar-refractivity contribution in [2.45, 2.75) is 43.9 Å². The van der Waals surface area contributed by atoms with E-state index >= 15 is 0 Å². The van der Waals surface area contributed by atoms with E-state index in [2.05, 4.69) is 6.92 Å². The van der Waals surface area contributed by atoms with Crippen LogP contribution in [0.5, 0.6) is 0 Å². The Morgan fingerprint density at radius 2 is 2.29 bits per heavy atom. The van der Waals surface area contributed by atoms with Crippen LogP contribution in [0.4, 0.5) is 0 Å². The summed E-state index contributed by atoms with van der Waals surface area (Å²) in [7, 11) is 0. The van der Waals surface area contributed by atoms with E-state index in [9.17, 15) is 9.59 Å². The molecule has 1 saturated heterocycles. The SMILES string of the molecule is CCSC1CCCC1N1CC(C(=O)O)CC1=O. The number of aliphatic carboxylic acids is 1. The molecule has 2 aliphatic rings. The molecule has 0 aromatic heterocycles. The maximum absolute atomic E-state index is 11.9. The molecular formula is C12H19NO3S. The van der Waals surface area contributed by atoms with Crippen LogP contribution >= 0.6 is 11.8 Å². The molecule has 4 nitrogen and oxygen atoms in total. The van der Waals surface area contributed by atoms with E-state index < -0.39 is 11.9 Å². The molecule has 3 atom stereocenters. The average molecular weight is 257 g/mol. The first-order valence-electron chi connectivity index (χ1n) is 6.27. The Kier molecular flexibility index (Phi) is 3.97. The lowest BCUT2D eigenvalue weighted by Gasteiger charge is -2.29. The zero-order valence-electron chi connectivity index (χ0n) is 10.1. The molecule has 0 spiro atoms. The first-order chi connectivity index (χ1) is 8.13. The number of carbonyl (C=O) groups excluding carboxylic acids is 1. The van der Waals surface area contributed by atoms with Crippen molar-refractivity contribution in [1.29, 1.82) is 0 Å². The van der Waals surface area contributed by atoms with E-state index in [0.717, 1.165) is 25.0 Å². The van der Waals surface area contributed by atoms with Gasteiger partial charge in [0, 0.05) is 24.3 Å². The van der Waals surface area contributed by atoms with Gasteiger partial charge < -0.3 is 10.0 Å². The van der Waals surface area contributed by atoms with E-state index in [-0.39, 0.29) is 18.4 Å². The second-order valence-electron chi connectivity index (χ2n) is 4.78. The molecule has 1 aliphatic carbocycles. The van der Waals surface area contributed by atoms with Gasteiger partial charge in [0.1, 0.15) is 0 Å². The maximum atomic E-state index is 11.9. The molecule has 1 saturated carbocycles. The largest absolute Gasteiger partial charge is 0.481 e. The number of carboxylic acids is 1. The van der Waals surface area contributed by atoms with E-state index in [0.29, 0.717) is 11.8 Å². The van der Waals surface area contributed by atoms with E-state index in [1.807, 2.05) is 16.7 Å². The molecule has 2 fully saturated rings. The summed E-state index contributed by atoms with van der Waals surface area (Å²) in [6, 6.07) is 0.275. The van der Waals surface area contributed by atoms with Crippen molar-refractivity contribution in [3.8, 4) is 0 Å². The summed E-state index contributed by atoms with van der Waals surface area (Å²) in [6.07, 6.45) is 3.54. The lowest BCUT2D eigenvalue weighted by Crippen LogP contribution is -2.40. The number of carboxylic acid groups (broad SMARTS) is 1. The smallest absolute Gasteiger partial charge is 0.308 e. The van der Waals surface area contributed by atoms with Gasteiger partial charge in [-0.25, -0.2) is 0 Å². The number of carbonyl (C=O) groups is 2.